The summed E-state index contributed by atoms with van der Waals surface area (Å²) in [6, 6.07) is 8.56. The fraction of sp³-hybridized carbons (Fsp3) is 0.829. The number of anilines is 1. The largest absolute Gasteiger partial charge is 0.377 e. The molecule has 10 heteroatoms. The summed E-state index contributed by atoms with van der Waals surface area (Å²) in [7, 11) is 13.0. The first kappa shape index (κ1) is 41.7. The molecule has 0 aromatic heterocycles. The molecule has 0 aliphatic rings. The van der Waals surface area contributed by atoms with E-state index in [-0.39, 0.29) is 24.4 Å². The third kappa shape index (κ3) is 24.5. The molecule has 0 heterocycles. The topological polar surface area (TPSA) is 67.9 Å². The number of likely N-dealkylation sites (N-methyl/N-ethyl adjacent to an activating group) is 2. The first-order chi connectivity index (χ1) is 21.1. The molecule has 0 aliphatic carbocycles. The summed E-state index contributed by atoms with van der Waals surface area (Å²) < 4.78 is 43.9. The summed E-state index contributed by atoms with van der Waals surface area (Å²) in [5.41, 5.74) is 2.32. The zero-order valence-electron chi connectivity index (χ0n) is 30.7. The zero-order valence-corrected chi connectivity index (χ0v) is 30.7. The molecule has 2 unspecified atom stereocenters. The fourth-order valence-electron chi connectivity index (χ4n) is 4.16. The summed E-state index contributed by atoms with van der Waals surface area (Å²) in [5, 5.41) is 0. The maximum Gasteiger partial charge on any atom is 0.102 e. The zero-order chi connectivity index (χ0) is 33.7. The van der Waals surface area contributed by atoms with Crippen LogP contribution in [0.1, 0.15) is 33.3 Å². The van der Waals surface area contributed by atoms with E-state index in [2.05, 4.69) is 92.2 Å². The van der Waals surface area contributed by atoms with E-state index in [4.69, 9.17) is 33.2 Å². The third-order valence-corrected chi connectivity index (χ3v) is 6.79. The van der Waals surface area contributed by atoms with Gasteiger partial charge in [0, 0.05) is 18.8 Å². The van der Waals surface area contributed by atoms with Crippen molar-refractivity contribution < 1.29 is 42.1 Å². The van der Waals surface area contributed by atoms with Crippen molar-refractivity contribution in [3.63, 3.8) is 0 Å². The number of quaternary nitrogens is 2. The van der Waals surface area contributed by atoms with Crippen molar-refractivity contribution in [1.82, 2.24) is 0 Å². The van der Waals surface area contributed by atoms with Gasteiger partial charge in [-0.2, -0.15) is 0 Å². The second kappa shape index (κ2) is 23.1. The van der Waals surface area contributed by atoms with Crippen LogP contribution in [-0.2, 0) is 33.2 Å². The Morgan fingerprint density at radius 2 is 1.00 bits per heavy atom. The lowest BCUT2D eigenvalue weighted by Crippen LogP contribution is -2.44. The Balaban J connectivity index is 2.82. The Kier molecular flexibility index (Phi) is 21.4. The standard InChI is InChI=1S/C35H69N3O7/c1-30(2)44-28-34(42-23-21-40-18-16-38(9,10)11)26-36(33-14-12-13-32(5)25-33)27-35(29-45-31(3)4)43-24-22-41-20-19-39-17-15-37(6,7)8/h12-14,25,30-31,34-35H,15-24,26-29H2,1-11H3/q+2. The maximum absolute atomic E-state index is 6.36. The average molecular weight is 644 g/mol. The normalized spacial score (nSPS) is 14.0. The minimum atomic E-state index is -0.150. The third-order valence-electron chi connectivity index (χ3n) is 6.79. The van der Waals surface area contributed by atoms with Crippen LogP contribution in [0.25, 0.3) is 0 Å². The van der Waals surface area contributed by atoms with Crippen LogP contribution in [0.15, 0.2) is 24.3 Å². The molecular weight excluding hydrogens is 574 g/mol. The monoisotopic (exact) mass is 644 g/mol. The number of ether oxygens (including phenoxy) is 7. The quantitative estimate of drug-likeness (QED) is 0.101. The van der Waals surface area contributed by atoms with Crippen LogP contribution < -0.4 is 4.90 Å². The van der Waals surface area contributed by atoms with Crippen LogP contribution in [0, 0.1) is 6.92 Å². The second-order valence-electron chi connectivity index (χ2n) is 14.4. The van der Waals surface area contributed by atoms with Gasteiger partial charge in [-0.3, -0.25) is 0 Å². The molecule has 10 nitrogen and oxygen atoms in total. The van der Waals surface area contributed by atoms with Gasteiger partial charge in [0.15, 0.2) is 0 Å². The van der Waals surface area contributed by atoms with E-state index in [1.807, 2.05) is 13.8 Å². The molecule has 45 heavy (non-hydrogen) atoms. The van der Waals surface area contributed by atoms with Gasteiger partial charge in [-0.05, 0) is 52.3 Å². The first-order valence-electron chi connectivity index (χ1n) is 16.8. The van der Waals surface area contributed by atoms with Gasteiger partial charge in [-0.1, -0.05) is 12.1 Å². The van der Waals surface area contributed by atoms with Gasteiger partial charge in [0.25, 0.3) is 0 Å². The highest BCUT2D eigenvalue weighted by Gasteiger charge is 2.22. The summed E-state index contributed by atoms with van der Waals surface area (Å²) in [6.07, 6.45) is -0.0658. The molecule has 0 bridgehead atoms. The van der Waals surface area contributed by atoms with Crippen molar-refractivity contribution in [3.05, 3.63) is 29.8 Å². The van der Waals surface area contributed by atoms with Crippen molar-refractivity contribution in [1.29, 1.82) is 0 Å². The van der Waals surface area contributed by atoms with Crippen LogP contribution in [0.4, 0.5) is 5.69 Å². The molecule has 0 spiro atoms. The van der Waals surface area contributed by atoms with Gasteiger partial charge in [-0.15, -0.1) is 0 Å². The summed E-state index contributed by atoms with van der Waals surface area (Å²) in [6.45, 7) is 19.1. The van der Waals surface area contributed by atoms with Crippen LogP contribution in [-0.4, -0.2) is 168 Å². The predicted molar refractivity (Wildman–Crippen MR) is 183 cm³/mol. The maximum atomic E-state index is 6.36. The van der Waals surface area contributed by atoms with Gasteiger partial charge >= 0.3 is 0 Å². The molecule has 0 aliphatic heterocycles. The molecule has 0 saturated carbocycles. The summed E-state index contributed by atoms with van der Waals surface area (Å²) in [5.74, 6) is 0. The summed E-state index contributed by atoms with van der Waals surface area (Å²) in [4.78, 5) is 2.33. The molecule has 0 amide bonds. The SMILES string of the molecule is Cc1cccc(N(CC(COC(C)C)OCCOCCOCC[N+](C)(C)C)CC(COC(C)C)OCCOCC[N+](C)(C)C)c1. The van der Waals surface area contributed by atoms with Gasteiger partial charge in [0.1, 0.15) is 13.1 Å². The first-order valence-corrected chi connectivity index (χ1v) is 16.8. The molecule has 1 aromatic carbocycles. The molecule has 0 N–H and O–H groups in total. The van der Waals surface area contributed by atoms with Crippen LogP contribution in [0.3, 0.4) is 0 Å². The van der Waals surface area contributed by atoms with E-state index in [1.54, 1.807) is 0 Å². The Morgan fingerprint density at radius 1 is 0.578 bits per heavy atom. The second-order valence-corrected chi connectivity index (χ2v) is 14.4. The number of hydrogen-bond donors (Lipinski definition) is 0. The highest BCUT2D eigenvalue weighted by Crippen LogP contribution is 2.19. The Morgan fingerprint density at radius 3 is 1.40 bits per heavy atom. The van der Waals surface area contributed by atoms with Gasteiger partial charge in [-0.25, -0.2) is 0 Å². The van der Waals surface area contributed by atoms with Gasteiger partial charge in [0.05, 0.1) is 133 Å². The highest BCUT2D eigenvalue weighted by molar-refractivity contribution is 5.48. The predicted octanol–water partition coefficient (Wildman–Crippen LogP) is 3.88. The molecule has 0 fully saturated rings. The van der Waals surface area contributed by atoms with E-state index in [1.165, 1.54) is 5.56 Å². The van der Waals surface area contributed by atoms with Gasteiger partial charge < -0.3 is 47.0 Å². The molecule has 264 valence electrons. The van der Waals surface area contributed by atoms with E-state index in [9.17, 15) is 0 Å². The lowest BCUT2D eigenvalue weighted by molar-refractivity contribution is -0.870. The van der Waals surface area contributed by atoms with Crippen LogP contribution in [0.2, 0.25) is 0 Å². The van der Waals surface area contributed by atoms with Crippen LogP contribution >= 0.6 is 0 Å². The Labute approximate surface area is 276 Å². The minimum Gasteiger partial charge on any atom is -0.377 e. The Hall–Kier alpha value is -1.34. The Bertz CT molecular complexity index is 858. The average Bonchev–Trinajstić information content (AvgIpc) is 2.93. The number of hydrogen-bond acceptors (Lipinski definition) is 8. The smallest absolute Gasteiger partial charge is 0.102 e. The number of nitrogens with zero attached hydrogens (tertiary/aromatic N) is 3. The highest BCUT2D eigenvalue weighted by atomic mass is 16.6. The van der Waals surface area contributed by atoms with Crippen molar-refractivity contribution in [2.75, 3.05) is 139 Å². The van der Waals surface area contributed by atoms with Crippen LogP contribution in [0.5, 0.6) is 0 Å². The molecule has 0 saturated heterocycles. The minimum absolute atomic E-state index is 0.108. The number of aryl methyl sites for hydroxylation is 1. The van der Waals surface area contributed by atoms with Crippen molar-refractivity contribution in [2.45, 2.75) is 59.0 Å². The summed E-state index contributed by atoms with van der Waals surface area (Å²) >= 11 is 0. The van der Waals surface area contributed by atoms with E-state index >= 15 is 0 Å². The number of rotatable bonds is 28. The lowest BCUT2D eigenvalue weighted by Gasteiger charge is -2.33. The van der Waals surface area contributed by atoms with Crippen molar-refractivity contribution >= 4 is 5.69 Å². The van der Waals surface area contributed by atoms with Crippen molar-refractivity contribution in [3.8, 4) is 0 Å². The molecular formula is C35H69N3O7+2. The molecule has 1 aromatic rings. The lowest BCUT2D eigenvalue weighted by atomic mass is 10.1. The van der Waals surface area contributed by atoms with E-state index in [0.29, 0.717) is 72.6 Å². The molecule has 1 rings (SSSR count). The van der Waals surface area contributed by atoms with Crippen molar-refractivity contribution in [2.24, 2.45) is 0 Å². The fourth-order valence-corrected chi connectivity index (χ4v) is 4.16. The molecule has 0 radical (unpaired) electrons. The molecule has 2 atom stereocenters. The van der Waals surface area contributed by atoms with Gasteiger partial charge in [0.2, 0.25) is 0 Å². The number of benzene rings is 1. The van der Waals surface area contributed by atoms with E-state index < -0.39 is 0 Å². The van der Waals surface area contributed by atoms with E-state index in [0.717, 1.165) is 34.3 Å².